The number of nitrogens with zero attached hydrogens (tertiary/aromatic N) is 2. The molecule has 0 aliphatic carbocycles. The zero-order valence-electron chi connectivity index (χ0n) is 17.4. The molecular weight excluding hydrogens is 382 g/mol. The van der Waals surface area contributed by atoms with Crippen LogP contribution in [0, 0.1) is 0 Å². The Balaban J connectivity index is 2.28. The smallest absolute Gasteiger partial charge is 0.444 e. The molecule has 1 saturated heterocycles. The maximum absolute atomic E-state index is 12.1. The van der Waals surface area contributed by atoms with Crippen LogP contribution in [0.5, 0.6) is 0 Å². The van der Waals surface area contributed by atoms with E-state index < -0.39 is 30.0 Å². The first-order valence-electron chi connectivity index (χ1n) is 9.01. The molecule has 0 unspecified atom stereocenters. The largest absolute Gasteiger partial charge is 0.492 e. The van der Waals surface area contributed by atoms with Crippen LogP contribution < -0.4 is 11.1 Å². The number of rotatable bonds is 4. The van der Waals surface area contributed by atoms with Crippen LogP contribution in [0.25, 0.3) is 6.08 Å². The highest BCUT2D eigenvalue weighted by Crippen LogP contribution is 2.38. The van der Waals surface area contributed by atoms with Gasteiger partial charge in [0.2, 0.25) is 0 Å². The molecule has 8 nitrogen and oxygen atoms in total. The number of ether oxygens (including phenoxy) is 1. The van der Waals surface area contributed by atoms with Crippen LogP contribution in [0.2, 0.25) is 5.15 Å². The van der Waals surface area contributed by atoms with E-state index in [0.717, 1.165) is 0 Å². The minimum atomic E-state index is -0.699. The molecule has 0 spiro atoms. The van der Waals surface area contributed by atoms with Crippen LogP contribution in [0.3, 0.4) is 0 Å². The molecule has 10 heteroatoms. The van der Waals surface area contributed by atoms with Crippen molar-refractivity contribution in [2.75, 3.05) is 12.3 Å². The number of hydrogen-bond acceptors (Lipinski definition) is 7. The van der Waals surface area contributed by atoms with E-state index in [1.807, 2.05) is 27.7 Å². The van der Waals surface area contributed by atoms with Crippen LogP contribution in [0.15, 0.2) is 11.7 Å². The van der Waals surface area contributed by atoms with Crippen LogP contribution in [-0.2, 0) is 14.0 Å². The lowest BCUT2D eigenvalue weighted by atomic mass is 9.77. The molecule has 2 rings (SSSR count). The topological polar surface area (TPSA) is 109 Å². The van der Waals surface area contributed by atoms with E-state index in [0.29, 0.717) is 11.2 Å². The van der Waals surface area contributed by atoms with Gasteiger partial charge >= 0.3 is 13.2 Å². The fourth-order valence-corrected chi connectivity index (χ4v) is 2.55. The summed E-state index contributed by atoms with van der Waals surface area (Å²) in [6.07, 6.45) is 2.53. The van der Waals surface area contributed by atoms with Gasteiger partial charge in [0.1, 0.15) is 11.4 Å². The number of nitrogen functional groups attached to an aromatic ring is 1. The number of amides is 1. The Labute approximate surface area is 171 Å². The number of anilines is 1. The van der Waals surface area contributed by atoms with Crippen LogP contribution in [0.1, 0.15) is 54.2 Å². The van der Waals surface area contributed by atoms with Gasteiger partial charge in [0, 0.05) is 6.54 Å². The van der Waals surface area contributed by atoms with E-state index >= 15 is 0 Å². The van der Waals surface area contributed by atoms with Gasteiger partial charge in [-0.3, -0.25) is 0 Å². The molecular formula is C18H28BClN4O4. The lowest BCUT2D eigenvalue weighted by molar-refractivity contribution is 0.00578. The first-order chi connectivity index (χ1) is 12.7. The molecule has 3 N–H and O–H groups in total. The standard InChI is InChI=1S/C18H28BClN4O4/c1-16(2,3)26-15(25)23-9-11(8-12-14(20)24-13(21)10-22-12)19-27-17(4,5)18(6,7)28-19/h8,10H,9H2,1-7H3,(H2,21,24)(H,23,25). The average Bonchev–Trinajstić information content (AvgIpc) is 2.71. The molecule has 1 aromatic heterocycles. The first kappa shape index (κ1) is 22.5. The molecule has 0 saturated carbocycles. The van der Waals surface area contributed by atoms with E-state index in [1.165, 1.54) is 6.20 Å². The maximum atomic E-state index is 12.1. The normalized spacial score (nSPS) is 18.9. The molecule has 0 radical (unpaired) electrons. The summed E-state index contributed by atoms with van der Waals surface area (Å²) in [5, 5.41) is 2.86. The summed E-state index contributed by atoms with van der Waals surface area (Å²) < 4.78 is 17.5. The fourth-order valence-electron chi connectivity index (χ4n) is 2.35. The molecule has 0 bridgehead atoms. The number of hydrogen-bond donors (Lipinski definition) is 2. The third-order valence-electron chi connectivity index (χ3n) is 4.49. The molecule has 0 aromatic carbocycles. The summed E-state index contributed by atoms with van der Waals surface area (Å²) in [5.74, 6) is 0.214. The second kappa shape index (κ2) is 7.89. The second-order valence-electron chi connectivity index (χ2n) is 8.63. The van der Waals surface area contributed by atoms with Gasteiger partial charge in [-0.1, -0.05) is 11.6 Å². The number of aromatic nitrogens is 2. The lowest BCUT2D eigenvalue weighted by Crippen LogP contribution is -2.41. The number of carbonyl (C=O) groups is 1. The van der Waals surface area contributed by atoms with Crippen LogP contribution in [-0.4, -0.2) is 46.5 Å². The molecule has 154 valence electrons. The highest BCUT2D eigenvalue weighted by atomic mass is 35.5. The van der Waals surface area contributed by atoms with Crippen molar-refractivity contribution in [3.05, 3.63) is 22.5 Å². The molecule has 28 heavy (non-hydrogen) atoms. The van der Waals surface area contributed by atoms with Crippen LogP contribution in [0.4, 0.5) is 10.6 Å². The zero-order chi connectivity index (χ0) is 21.3. The number of halogens is 1. The minimum Gasteiger partial charge on any atom is -0.444 e. The highest BCUT2D eigenvalue weighted by molar-refractivity contribution is 6.56. The van der Waals surface area contributed by atoms with E-state index in [4.69, 9.17) is 31.4 Å². The fraction of sp³-hybridized carbons (Fsp3) is 0.611. The molecule has 1 fully saturated rings. The predicted molar refractivity (Wildman–Crippen MR) is 110 cm³/mol. The van der Waals surface area contributed by atoms with Crippen LogP contribution >= 0.6 is 11.6 Å². The maximum Gasteiger partial charge on any atom is 0.492 e. The number of alkyl carbamates (subject to hydrolysis) is 1. The van der Waals surface area contributed by atoms with Crippen molar-refractivity contribution in [3.8, 4) is 0 Å². The summed E-state index contributed by atoms with van der Waals surface area (Å²) >= 11 is 6.15. The van der Waals surface area contributed by atoms with Gasteiger partial charge in [0.05, 0.1) is 23.1 Å². The third-order valence-corrected chi connectivity index (χ3v) is 4.77. The number of nitrogens with one attached hydrogen (secondary N) is 1. The SMILES string of the molecule is CC(C)(C)OC(=O)NCC(=Cc1ncc(N)nc1Cl)B1OC(C)(C)C(C)(C)O1. The van der Waals surface area contributed by atoms with Gasteiger partial charge in [0.15, 0.2) is 5.15 Å². The summed E-state index contributed by atoms with van der Waals surface area (Å²) in [6.45, 7) is 13.3. The molecule has 1 aliphatic rings. The van der Waals surface area contributed by atoms with E-state index in [9.17, 15) is 4.79 Å². The third kappa shape index (κ3) is 5.59. The Kier molecular flexibility index (Phi) is 6.32. The average molecular weight is 411 g/mol. The minimum absolute atomic E-state index is 0.119. The predicted octanol–water partition coefficient (Wildman–Crippen LogP) is 3.25. The summed E-state index contributed by atoms with van der Waals surface area (Å²) in [4.78, 5) is 20.3. The van der Waals surface area contributed by atoms with Crippen molar-refractivity contribution < 1.29 is 18.8 Å². The zero-order valence-corrected chi connectivity index (χ0v) is 18.2. The second-order valence-corrected chi connectivity index (χ2v) is 8.99. The molecule has 1 aliphatic heterocycles. The first-order valence-corrected chi connectivity index (χ1v) is 9.39. The lowest BCUT2D eigenvalue weighted by Gasteiger charge is -2.32. The van der Waals surface area contributed by atoms with Crippen molar-refractivity contribution in [2.45, 2.75) is 65.3 Å². The van der Waals surface area contributed by atoms with Crippen molar-refractivity contribution in [3.63, 3.8) is 0 Å². The van der Waals surface area contributed by atoms with Crippen molar-refractivity contribution in [1.29, 1.82) is 0 Å². The quantitative estimate of drug-likeness (QED) is 0.733. The molecule has 2 heterocycles. The van der Waals surface area contributed by atoms with E-state index in [2.05, 4.69) is 15.3 Å². The molecule has 0 atom stereocenters. The van der Waals surface area contributed by atoms with Gasteiger partial charge in [-0.05, 0) is 60.0 Å². The van der Waals surface area contributed by atoms with E-state index in [-0.39, 0.29) is 17.5 Å². The molecule has 1 amide bonds. The van der Waals surface area contributed by atoms with E-state index in [1.54, 1.807) is 26.8 Å². The van der Waals surface area contributed by atoms with Crippen molar-refractivity contribution >= 4 is 36.7 Å². The van der Waals surface area contributed by atoms with Gasteiger partial charge in [-0.2, -0.15) is 0 Å². The van der Waals surface area contributed by atoms with Gasteiger partial charge < -0.3 is 25.1 Å². The van der Waals surface area contributed by atoms with Gasteiger partial charge in [-0.25, -0.2) is 14.8 Å². The van der Waals surface area contributed by atoms with Gasteiger partial charge in [-0.15, -0.1) is 0 Å². The monoisotopic (exact) mass is 410 g/mol. The highest BCUT2D eigenvalue weighted by Gasteiger charge is 2.52. The Bertz CT molecular complexity index is 761. The summed E-state index contributed by atoms with van der Waals surface area (Å²) in [7, 11) is -0.699. The summed E-state index contributed by atoms with van der Waals surface area (Å²) in [6, 6.07) is 0. The molecule has 1 aromatic rings. The Morgan fingerprint density at radius 3 is 2.39 bits per heavy atom. The van der Waals surface area contributed by atoms with Crippen molar-refractivity contribution in [2.24, 2.45) is 0 Å². The van der Waals surface area contributed by atoms with Gasteiger partial charge in [0.25, 0.3) is 0 Å². The Morgan fingerprint density at radius 1 is 1.32 bits per heavy atom. The Hall–Kier alpha value is -1.84. The number of nitrogens with two attached hydrogens (primary N) is 1. The van der Waals surface area contributed by atoms with Crippen molar-refractivity contribution in [1.82, 2.24) is 15.3 Å². The Morgan fingerprint density at radius 2 is 1.89 bits per heavy atom. The number of carbonyl (C=O) groups excluding carboxylic acids is 1. The summed E-state index contributed by atoms with van der Waals surface area (Å²) in [5.41, 5.74) is 4.93.